The number of amides is 2. The number of carboxylic acids is 1. The second-order valence-electron chi connectivity index (χ2n) is 5.12. The van der Waals surface area contributed by atoms with Crippen LogP contribution in [0.1, 0.15) is 30.7 Å². The largest absolute Gasteiger partial charge is 0.481 e. The lowest BCUT2D eigenvalue weighted by Crippen LogP contribution is -2.49. The molecule has 0 spiro atoms. The van der Waals surface area contributed by atoms with Crippen molar-refractivity contribution in [3.8, 4) is 0 Å². The molecule has 1 fully saturated rings. The number of nitrogens with one attached hydrogen (secondary N) is 2. The summed E-state index contributed by atoms with van der Waals surface area (Å²) in [6.07, 6.45) is 5.36. The number of aryl methyl sites for hydroxylation is 1. The number of carboxylic acid groups (broad SMARTS) is 1. The molecule has 7 nitrogen and oxygen atoms in total. The minimum atomic E-state index is -0.839. The smallest absolute Gasteiger partial charge is 0.315 e. The molecule has 1 aromatic rings. The van der Waals surface area contributed by atoms with Gasteiger partial charge in [-0.2, -0.15) is 0 Å². The van der Waals surface area contributed by atoms with E-state index in [2.05, 4.69) is 20.6 Å². The number of hydrogen-bond acceptors (Lipinski definition) is 4. The Morgan fingerprint density at radius 2 is 2.05 bits per heavy atom. The van der Waals surface area contributed by atoms with E-state index in [9.17, 15) is 9.59 Å². The van der Waals surface area contributed by atoms with Crippen LogP contribution in [0.2, 0.25) is 0 Å². The third-order valence-corrected chi connectivity index (χ3v) is 3.62. The van der Waals surface area contributed by atoms with Crippen LogP contribution in [0.5, 0.6) is 0 Å². The molecule has 0 unspecified atom stereocenters. The first-order valence-electron chi connectivity index (χ1n) is 6.54. The van der Waals surface area contributed by atoms with Gasteiger partial charge < -0.3 is 15.7 Å². The SMILES string of the molecule is Cc1cnc(CNC(=O)NCC2(C(=O)O)CCC2)cn1. The Balaban J connectivity index is 1.75. The van der Waals surface area contributed by atoms with E-state index in [-0.39, 0.29) is 19.1 Å². The van der Waals surface area contributed by atoms with E-state index in [1.165, 1.54) is 0 Å². The highest BCUT2D eigenvalue weighted by Gasteiger charge is 2.44. The fourth-order valence-corrected chi connectivity index (χ4v) is 2.06. The van der Waals surface area contributed by atoms with Gasteiger partial charge in [-0.05, 0) is 19.8 Å². The molecule has 108 valence electrons. The Morgan fingerprint density at radius 1 is 1.30 bits per heavy atom. The van der Waals surface area contributed by atoms with Crippen molar-refractivity contribution in [3.05, 3.63) is 23.8 Å². The monoisotopic (exact) mass is 278 g/mol. The van der Waals surface area contributed by atoms with Gasteiger partial charge in [0.1, 0.15) is 0 Å². The molecule has 2 rings (SSSR count). The number of carbonyl (C=O) groups excluding carboxylic acids is 1. The first-order chi connectivity index (χ1) is 9.52. The van der Waals surface area contributed by atoms with Crippen molar-refractivity contribution in [1.82, 2.24) is 20.6 Å². The van der Waals surface area contributed by atoms with E-state index in [0.29, 0.717) is 18.5 Å². The topological polar surface area (TPSA) is 104 Å². The Bertz CT molecular complexity index is 497. The van der Waals surface area contributed by atoms with Gasteiger partial charge in [0, 0.05) is 12.7 Å². The van der Waals surface area contributed by atoms with Crippen molar-refractivity contribution < 1.29 is 14.7 Å². The van der Waals surface area contributed by atoms with Gasteiger partial charge in [-0.1, -0.05) is 6.42 Å². The number of aromatic nitrogens is 2. The van der Waals surface area contributed by atoms with E-state index < -0.39 is 11.4 Å². The van der Waals surface area contributed by atoms with E-state index >= 15 is 0 Å². The predicted octanol–water partition coefficient (Wildman–Crippen LogP) is 0.839. The first kappa shape index (κ1) is 14.2. The average Bonchev–Trinajstić information content (AvgIpc) is 2.36. The molecular formula is C13H18N4O3. The van der Waals surface area contributed by atoms with Crippen molar-refractivity contribution in [2.24, 2.45) is 5.41 Å². The summed E-state index contributed by atoms with van der Waals surface area (Å²) >= 11 is 0. The van der Waals surface area contributed by atoms with Gasteiger partial charge in [-0.15, -0.1) is 0 Å². The highest BCUT2D eigenvalue weighted by molar-refractivity contribution is 5.78. The third-order valence-electron chi connectivity index (χ3n) is 3.62. The molecule has 2 amide bonds. The Kier molecular flexibility index (Phi) is 4.16. The minimum absolute atomic E-state index is 0.160. The van der Waals surface area contributed by atoms with E-state index in [1.54, 1.807) is 12.4 Å². The summed E-state index contributed by atoms with van der Waals surface area (Å²) < 4.78 is 0. The molecule has 1 aliphatic carbocycles. The first-order valence-corrected chi connectivity index (χ1v) is 6.54. The lowest BCUT2D eigenvalue weighted by Gasteiger charge is -2.37. The summed E-state index contributed by atoms with van der Waals surface area (Å²) in [5.41, 5.74) is 0.690. The molecule has 1 heterocycles. The van der Waals surface area contributed by atoms with Gasteiger partial charge in [0.15, 0.2) is 0 Å². The summed E-state index contributed by atoms with van der Waals surface area (Å²) in [6, 6.07) is -0.389. The van der Waals surface area contributed by atoms with Gasteiger partial charge >= 0.3 is 12.0 Å². The quantitative estimate of drug-likeness (QED) is 0.740. The van der Waals surface area contributed by atoms with E-state index in [1.807, 2.05) is 6.92 Å². The zero-order valence-electron chi connectivity index (χ0n) is 11.3. The van der Waals surface area contributed by atoms with Crippen LogP contribution in [0.4, 0.5) is 4.79 Å². The maximum absolute atomic E-state index is 11.6. The molecule has 7 heteroatoms. The number of rotatable bonds is 5. The van der Waals surface area contributed by atoms with Crippen molar-refractivity contribution in [2.75, 3.05) is 6.54 Å². The molecule has 0 radical (unpaired) electrons. The van der Waals surface area contributed by atoms with E-state index in [4.69, 9.17) is 5.11 Å². The molecule has 0 aromatic carbocycles. The fourth-order valence-electron chi connectivity index (χ4n) is 2.06. The van der Waals surface area contributed by atoms with Crippen LogP contribution in [0, 0.1) is 12.3 Å². The molecule has 0 bridgehead atoms. The van der Waals surface area contributed by atoms with Crippen LogP contribution in [-0.4, -0.2) is 33.6 Å². The Morgan fingerprint density at radius 3 is 2.55 bits per heavy atom. The molecule has 1 saturated carbocycles. The normalized spacial score (nSPS) is 16.1. The number of urea groups is 1. The molecule has 0 atom stereocenters. The van der Waals surface area contributed by atoms with Crippen molar-refractivity contribution in [3.63, 3.8) is 0 Å². The van der Waals surface area contributed by atoms with Crippen LogP contribution in [0.25, 0.3) is 0 Å². The molecular weight excluding hydrogens is 260 g/mol. The fraction of sp³-hybridized carbons (Fsp3) is 0.538. The number of aliphatic carboxylic acids is 1. The number of hydrogen-bond donors (Lipinski definition) is 3. The Hall–Kier alpha value is -2.18. The van der Waals surface area contributed by atoms with Crippen LogP contribution >= 0.6 is 0 Å². The molecule has 0 aliphatic heterocycles. The standard InChI is InChI=1S/C13H18N4O3/c1-9-5-15-10(6-14-9)7-16-12(20)17-8-13(11(18)19)3-2-4-13/h5-6H,2-4,7-8H2,1H3,(H,18,19)(H2,16,17,20). The number of nitrogens with zero attached hydrogens (tertiary/aromatic N) is 2. The summed E-state index contributed by atoms with van der Waals surface area (Å²) in [5.74, 6) is -0.839. The predicted molar refractivity (Wildman–Crippen MR) is 70.9 cm³/mol. The van der Waals surface area contributed by atoms with Gasteiger partial charge in [-0.25, -0.2) is 4.79 Å². The zero-order valence-corrected chi connectivity index (χ0v) is 11.3. The van der Waals surface area contributed by atoms with Gasteiger partial charge in [-0.3, -0.25) is 14.8 Å². The highest BCUT2D eigenvalue weighted by Crippen LogP contribution is 2.40. The maximum atomic E-state index is 11.6. The molecule has 1 aliphatic rings. The van der Waals surface area contributed by atoms with Crippen LogP contribution in [-0.2, 0) is 11.3 Å². The summed E-state index contributed by atoms with van der Waals surface area (Å²) in [5, 5.41) is 14.4. The summed E-state index contributed by atoms with van der Waals surface area (Å²) in [4.78, 5) is 31.0. The molecule has 3 N–H and O–H groups in total. The lowest BCUT2D eigenvalue weighted by atomic mass is 9.69. The van der Waals surface area contributed by atoms with Gasteiger partial charge in [0.2, 0.25) is 0 Å². The third kappa shape index (κ3) is 3.23. The van der Waals surface area contributed by atoms with Crippen molar-refractivity contribution in [1.29, 1.82) is 0 Å². The summed E-state index contributed by atoms with van der Waals surface area (Å²) in [6.45, 7) is 2.26. The lowest BCUT2D eigenvalue weighted by molar-refractivity contribution is -0.153. The van der Waals surface area contributed by atoms with Gasteiger partial charge in [0.05, 0.1) is 29.5 Å². The van der Waals surface area contributed by atoms with Crippen LogP contribution < -0.4 is 10.6 Å². The second kappa shape index (κ2) is 5.85. The minimum Gasteiger partial charge on any atom is -0.481 e. The highest BCUT2D eigenvalue weighted by atomic mass is 16.4. The van der Waals surface area contributed by atoms with E-state index in [0.717, 1.165) is 12.1 Å². The molecule has 20 heavy (non-hydrogen) atoms. The van der Waals surface area contributed by atoms with Crippen molar-refractivity contribution >= 4 is 12.0 Å². The van der Waals surface area contributed by atoms with Crippen LogP contribution in [0.3, 0.4) is 0 Å². The van der Waals surface area contributed by atoms with Crippen molar-refractivity contribution in [2.45, 2.75) is 32.7 Å². The maximum Gasteiger partial charge on any atom is 0.315 e. The summed E-state index contributed by atoms with van der Waals surface area (Å²) in [7, 11) is 0. The van der Waals surface area contributed by atoms with Crippen LogP contribution in [0.15, 0.2) is 12.4 Å². The Labute approximate surface area is 116 Å². The number of carbonyl (C=O) groups is 2. The average molecular weight is 278 g/mol. The molecule has 0 saturated heterocycles. The zero-order chi connectivity index (χ0) is 14.6. The second-order valence-corrected chi connectivity index (χ2v) is 5.12. The van der Waals surface area contributed by atoms with Gasteiger partial charge in [0.25, 0.3) is 0 Å². The molecule has 1 aromatic heterocycles.